The minimum Gasteiger partial charge on any atom is -0.396 e. The van der Waals surface area contributed by atoms with E-state index in [2.05, 4.69) is 16.9 Å². The lowest BCUT2D eigenvalue weighted by molar-refractivity contribution is 0.0915. The molecule has 3 N–H and O–H groups in total. The van der Waals surface area contributed by atoms with Gasteiger partial charge in [-0.1, -0.05) is 0 Å². The third-order valence-electron chi connectivity index (χ3n) is 3.87. The highest BCUT2D eigenvalue weighted by Gasteiger charge is 2.28. The third kappa shape index (κ3) is 2.91. The molecule has 1 saturated heterocycles. The Morgan fingerprint density at radius 3 is 2.61 bits per heavy atom. The first-order chi connectivity index (χ1) is 8.61. The lowest BCUT2D eigenvalue weighted by Gasteiger charge is -2.38. The second-order valence-corrected chi connectivity index (χ2v) is 5.41. The van der Waals surface area contributed by atoms with Gasteiger partial charge in [-0.05, 0) is 38.8 Å². The van der Waals surface area contributed by atoms with Gasteiger partial charge in [-0.2, -0.15) is 5.10 Å². The van der Waals surface area contributed by atoms with Gasteiger partial charge in [-0.3, -0.25) is 9.58 Å². The summed E-state index contributed by atoms with van der Waals surface area (Å²) in [6.45, 7) is 4.37. The zero-order valence-corrected chi connectivity index (χ0v) is 11.3. The maximum Gasteiger partial charge on any atom is 0.0538 e. The van der Waals surface area contributed by atoms with Crippen LogP contribution in [-0.4, -0.2) is 45.5 Å². The average Bonchev–Trinajstić information content (AvgIpc) is 2.76. The largest absolute Gasteiger partial charge is 0.396 e. The van der Waals surface area contributed by atoms with Crippen molar-refractivity contribution in [1.82, 2.24) is 14.7 Å². The number of piperidine rings is 1. The topological polar surface area (TPSA) is 67.3 Å². The van der Waals surface area contributed by atoms with E-state index in [9.17, 15) is 5.11 Å². The zero-order valence-electron chi connectivity index (χ0n) is 11.3. The number of hydrogen-bond donors (Lipinski definition) is 2. The molecule has 0 amide bonds. The number of nitrogens with zero attached hydrogens (tertiary/aromatic N) is 3. The highest BCUT2D eigenvalue weighted by atomic mass is 16.3. The molecule has 102 valence electrons. The fraction of sp³-hybridized carbons (Fsp3) is 0.769. The molecule has 0 radical (unpaired) electrons. The molecule has 18 heavy (non-hydrogen) atoms. The Bertz CT molecular complexity index is 369. The van der Waals surface area contributed by atoms with Crippen molar-refractivity contribution in [3.63, 3.8) is 0 Å². The van der Waals surface area contributed by atoms with E-state index >= 15 is 0 Å². The highest BCUT2D eigenvalue weighted by Crippen LogP contribution is 2.28. The standard InChI is InChI=1S/C13H24N4O/c1-10(14)13(12-7-15-16(2)8-12)17-5-3-11(9-18)4-6-17/h7-8,10-11,13,18H,3-6,9,14H2,1-2H3. The van der Waals surface area contributed by atoms with Crippen LogP contribution >= 0.6 is 0 Å². The van der Waals surface area contributed by atoms with Crippen molar-refractivity contribution in [2.75, 3.05) is 19.7 Å². The minimum atomic E-state index is 0.0832. The van der Waals surface area contributed by atoms with E-state index in [0.29, 0.717) is 12.5 Å². The number of aliphatic hydroxyl groups excluding tert-OH is 1. The van der Waals surface area contributed by atoms with Gasteiger partial charge < -0.3 is 10.8 Å². The number of aryl methyl sites for hydroxylation is 1. The number of nitrogens with two attached hydrogens (primary N) is 1. The summed E-state index contributed by atoms with van der Waals surface area (Å²) < 4.78 is 1.82. The molecule has 0 bridgehead atoms. The molecular formula is C13H24N4O. The molecular weight excluding hydrogens is 228 g/mol. The molecule has 5 heteroatoms. The predicted octanol–water partition coefficient (Wildman–Crippen LogP) is 0.513. The van der Waals surface area contributed by atoms with E-state index < -0.39 is 0 Å². The lowest BCUT2D eigenvalue weighted by Crippen LogP contribution is -2.44. The number of rotatable bonds is 4. The SMILES string of the molecule is CC(N)C(c1cnn(C)c1)N1CCC(CO)CC1. The van der Waals surface area contributed by atoms with Gasteiger partial charge in [0.15, 0.2) is 0 Å². The summed E-state index contributed by atoms with van der Waals surface area (Å²) in [7, 11) is 1.93. The molecule has 2 heterocycles. The van der Waals surface area contributed by atoms with Gasteiger partial charge in [0.2, 0.25) is 0 Å². The quantitative estimate of drug-likeness (QED) is 0.819. The molecule has 1 fully saturated rings. The van der Waals surface area contributed by atoms with Crippen LogP contribution in [0.15, 0.2) is 12.4 Å². The zero-order chi connectivity index (χ0) is 13.1. The fourth-order valence-corrected chi connectivity index (χ4v) is 2.85. The van der Waals surface area contributed by atoms with Crippen molar-refractivity contribution in [2.24, 2.45) is 18.7 Å². The number of aliphatic hydroxyl groups is 1. The first-order valence-electron chi connectivity index (χ1n) is 6.71. The van der Waals surface area contributed by atoms with Crippen LogP contribution in [0.25, 0.3) is 0 Å². The van der Waals surface area contributed by atoms with Crippen LogP contribution in [0, 0.1) is 5.92 Å². The van der Waals surface area contributed by atoms with Crippen LogP contribution in [0.1, 0.15) is 31.4 Å². The number of aromatic nitrogens is 2. The Balaban J connectivity index is 2.07. The van der Waals surface area contributed by atoms with E-state index in [4.69, 9.17) is 5.73 Å². The first kappa shape index (κ1) is 13.5. The summed E-state index contributed by atoms with van der Waals surface area (Å²) in [5.74, 6) is 0.462. The summed E-state index contributed by atoms with van der Waals surface area (Å²) in [6, 6.07) is 0.318. The summed E-state index contributed by atoms with van der Waals surface area (Å²) in [5.41, 5.74) is 7.34. The van der Waals surface area contributed by atoms with E-state index in [1.54, 1.807) is 0 Å². The van der Waals surface area contributed by atoms with Gasteiger partial charge in [0.1, 0.15) is 0 Å². The molecule has 1 aliphatic heterocycles. The first-order valence-corrected chi connectivity index (χ1v) is 6.71. The second-order valence-electron chi connectivity index (χ2n) is 5.41. The average molecular weight is 252 g/mol. The molecule has 5 nitrogen and oxygen atoms in total. The Labute approximate surface area is 109 Å². The summed E-state index contributed by atoms with van der Waals surface area (Å²) in [4.78, 5) is 2.42. The molecule has 1 aliphatic rings. The predicted molar refractivity (Wildman–Crippen MR) is 71.0 cm³/mol. The monoisotopic (exact) mass is 252 g/mol. The van der Waals surface area contributed by atoms with Crippen LogP contribution in [-0.2, 0) is 7.05 Å². The van der Waals surface area contributed by atoms with Gasteiger partial charge in [-0.15, -0.1) is 0 Å². The fourth-order valence-electron chi connectivity index (χ4n) is 2.85. The number of hydrogen-bond acceptors (Lipinski definition) is 4. The molecule has 0 aliphatic carbocycles. The van der Waals surface area contributed by atoms with E-state index in [1.165, 1.54) is 5.56 Å². The van der Waals surface area contributed by atoms with Gasteiger partial charge >= 0.3 is 0 Å². The lowest BCUT2D eigenvalue weighted by atomic mass is 9.93. The normalized spacial score (nSPS) is 22.0. The van der Waals surface area contributed by atoms with Crippen molar-refractivity contribution < 1.29 is 5.11 Å². The Kier molecular flexibility index (Phi) is 4.37. The van der Waals surface area contributed by atoms with E-state index in [1.807, 2.05) is 24.1 Å². The van der Waals surface area contributed by atoms with Gasteiger partial charge in [0.05, 0.1) is 12.2 Å². The second kappa shape index (κ2) is 5.82. The van der Waals surface area contributed by atoms with Crippen LogP contribution in [0.2, 0.25) is 0 Å². The van der Waals surface area contributed by atoms with E-state index in [-0.39, 0.29) is 12.1 Å². The maximum atomic E-state index is 9.19. The van der Waals surface area contributed by atoms with Gasteiger partial charge in [0.25, 0.3) is 0 Å². The molecule has 0 saturated carbocycles. The smallest absolute Gasteiger partial charge is 0.0538 e. The van der Waals surface area contributed by atoms with Crippen LogP contribution in [0.5, 0.6) is 0 Å². The summed E-state index contributed by atoms with van der Waals surface area (Å²) in [6.07, 6.45) is 6.07. The molecule has 2 rings (SSSR count). The van der Waals surface area contributed by atoms with Crippen molar-refractivity contribution in [1.29, 1.82) is 0 Å². The van der Waals surface area contributed by atoms with Crippen LogP contribution in [0.4, 0.5) is 0 Å². The van der Waals surface area contributed by atoms with Crippen molar-refractivity contribution in [2.45, 2.75) is 31.8 Å². The minimum absolute atomic E-state index is 0.0832. The van der Waals surface area contributed by atoms with E-state index in [0.717, 1.165) is 25.9 Å². The van der Waals surface area contributed by atoms with Crippen molar-refractivity contribution in [3.05, 3.63) is 18.0 Å². The molecule has 0 spiro atoms. The summed E-state index contributed by atoms with van der Waals surface area (Å²) in [5, 5.41) is 13.4. The van der Waals surface area contributed by atoms with Gasteiger partial charge in [-0.25, -0.2) is 0 Å². The molecule has 1 aromatic rings. The third-order valence-corrected chi connectivity index (χ3v) is 3.87. The molecule has 0 aromatic carbocycles. The molecule has 1 aromatic heterocycles. The van der Waals surface area contributed by atoms with Crippen LogP contribution < -0.4 is 5.73 Å². The van der Waals surface area contributed by atoms with Crippen LogP contribution in [0.3, 0.4) is 0 Å². The molecule has 2 atom stereocenters. The summed E-state index contributed by atoms with van der Waals surface area (Å²) >= 11 is 0. The Morgan fingerprint density at radius 2 is 2.17 bits per heavy atom. The highest BCUT2D eigenvalue weighted by molar-refractivity contribution is 5.13. The maximum absolute atomic E-state index is 9.19. The molecule has 2 unspecified atom stereocenters. The van der Waals surface area contributed by atoms with Gasteiger partial charge in [0, 0.05) is 31.5 Å². The Hall–Kier alpha value is -0.910. The Morgan fingerprint density at radius 1 is 1.50 bits per heavy atom. The van der Waals surface area contributed by atoms with Crippen molar-refractivity contribution >= 4 is 0 Å². The number of likely N-dealkylation sites (tertiary alicyclic amines) is 1. The van der Waals surface area contributed by atoms with Crippen molar-refractivity contribution in [3.8, 4) is 0 Å².